The highest BCUT2D eigenvalue weighted by Gasteiger charge is 2.47. The van der Waals surface area contributed by atoms with Crippen LogP contribution in [0.5, 0.6) is 0 Å². The van der Waals surface area contributed by atoms with Crippen LogP contribution < -0.4 is 0 Å². The third kappa shape index (κ3) is 1.52. The second-order valence-corrected chi connectivity index (χ2v) is 5.51. The van der Waals surface area contributed by atoms with E-state index in [1.165, 1.54) is 24.0 Å². The predicted octanol–water partition coefficient (Wildman–Crippen LogP) is 4.03. The molecule has 0 N–H and O–H groups in total. The summed E-state index contributed by atoms with van der Waals surface area (Å²) >= 11 is 0. The fourth-order valence-corrected chi connectivity index (χ4v) is 2.63. The molecule has 0 aliphatic heterocycles. The topological polar surface area (TPSA) is 0 Å². The zero-order chi connectivity index (χ0) is 10.5. The number of hydrogen-bond donors (Lipinski definition) is 0. The van der Waals surface area contributed by atoms with Gasteiger partial charge in [-0.2, -0.15) is 0 Å². The molecule has 0 heteroatoms. The Bertz CT molecular complexity index is 406. The van der Waals surface area contributed by atoms with Crippen LogP contribution >= 0.6 is 0 Å². The molecule has 3 atom stereocenters. The highest BCUT2D eigenvalue weighted by molar-refractivity contribution is 5.52. The van der Waals surface area contributed by atoms with Crippen molar-refractivity contribution in [3.05, 3.63) is 47.6 Å². The summed E-state index contributed by atoms with van der Waals surface area (Å²) in [6.45, 7) is 4.65. The molecule has 0 aromatic heterocycles. The van der Waals surface area contributed by atoms with Crippen LogP contribution in [-0.2, 0) is 0 Å². The molecule has 1 saturated carbocycles. The summed E-state index contributed by atoms with van der Waals surface area (Å²) in [5.41, 5.74) is 3.38. The molecule has 0 aromatic rings. The molecular weight excluding hydrogens is 180 g/mol. The Morgan fingerprint density at radius 3 is 2.73 bits per heavy atom. The minimum atomic E-state index is 0.508. The van der Waals surface area contributed by atoms with Gasteiger partial charge in [-0.15, -0.1) is 0 Å². The van der Waals surface area contributed by atoms with Gasteiger partial charge in [-0.05, 0) is 41.2 Å². The lowest BCUT2D eigenvalue weighted by Gasteiger charge is -2.16. The van der Waals surface area contributed by atoms with Crippen LogP contribution in [0.3, 0.4) is 0 Å². The van der Waals surface area contributed by atoms with Crippen molar-refractivity contribution in [2.75, 3.05) is 0 Å². The molecule has 15 heavy (non-hydrogen) atoms. The van der Waals surface area contributed by atoms with Crippen molar-refractivity contribution in [2.45, 2.75) is 26.7 Å². The zero-order valence-electron chi connectivity index (χ0n) is 9.53. The number of allylic oxidation sites excluding steroid dienone is 8. The quantitative estimate of drug-likeness (QED) is 0.596. The Labute approximate surface area is 92.1 Å². The first-order chi connectivity index (χ1) is 7.17. The third-order valence-electron chi connectivity index (χ3n) is 3.97. The van der Waals surface area contributed by atoms with Crippen molar-refractivity contribution >= 4 is 0 Å². The highest BCUT2D eigenvalue weighted by Crippen LogP contribution is 2.57. The van der Waals surface area contributed by atoms with E-state index in [0.717, 1.165) is 5.92 Å². The lowest BCUT2D eigenvalue weighted by Crippen LogP contribution is -2.01. The van der Waals surface area contributed by atoms with Crippen molar-refractivity contribution < 1.29 is 0 Å². The van der Waals surface area contributed by atoms with Crippen LogP contribution in [0.4, 0.5) is 0 Å². The van der Waals surface area contributed by atoms with Gasteiger partial charge in [0.2, 0.25) is 0 Å². The van der Waals surface area contributed by atoms with Crippen LogP contribution in [-0.4, -0.2) is 0 Å². The van der Waals surface area contributed by atoms with E-state index in [0.29, 0.717) is 11.3 Å². The first-order valence-electron chi connectivity index (χ1n) is 5.97. The van der Waals surface area contributed by atoms with Gasteiger partial charge in [0.15, 0.2) is 0 Å². The van der Waals surface area contributed by atoms with Gasteiger partial charge >= 0.3 is 0 Å². The third-order valence-corrected chi connectivity index (χ3v) is 3.97. The Hall–Kier alpha value is -1.04. The monoisotopic (exact) mass is 198 g/mol. The van der Waals surface area contributed by atoms with E-state index in [-0.39, 0.29) is 0 Å². The van der Waals surface area contributed by atoms with Gasteiger partial charge < -0.3 is 0 Å². The Kier molecular flexibility index (Phi) is 1.83. The molecule has 3 aliphatic carbocycles. The molecule has 0 spiro atoms. The standard InChI is InChI=1S/C15H18/c1-11-4-3-5-12(8-11)13-6-7-15(2)10-14(15)9-13/h3,5-9,11,14H,4,10H2,1-2H3. The predicted molar refractivity (Wildman–Crippen MR) is 64.4 cm³/mol. The molecule has 0 heterocycles. The van der Waals surface area contributed by atoms with E-state index in [4.69, 9.17) is 0 Å². The smallest absolute Gasteiger partial charge is 0.00739 e. The van der Waals surface area contributed by atoms with E-state index in [1.807, 2.05) is 0 Å². The van der Waals surface area contributed by atoms with Crippen molar-refractivity contribution in [3.8, 4) is 0 Å². The second kappa shape index (κ2) is 2.98. The van der Waals surface area contributed by atoms with Gasteiger partial charge in [0.25, 0.3) is 0 Å². The summed E-state index contributed by atoms with van der Waals surface area (Å²) in [7, 11) is 0. The summed E-state index contributed by atoms with van der Waals surface area (Å²) in [6.07, 6.45) is 16.7. The molecule has 3 rings (SSSR count). The normalized spacial score (nSPS) is 42.0. The van der Waals surface area contributed by atoms with Crippen LogP contribution in [0.2, 0.25) is 0 Å². The summed E-state index contributed by atoms with van der Waals surface area (Å²) < 4.78 is 0. The summed E-state index contributed by atoms with van der Waals surface area (Å²) in [6, 6.07) is 0. The Morgan fingerprint density at radius 1 is 1.20 bits per heavy atom. The first-order valence-corrected chi connectivity index (χ1v) is 5.97. The van der Waals surface area contributed by atoms with Gasteiger partial charge in [0.05, 0.1) is 0 Å². The SMILES string of the molecule is CC1C=C(C2=CC3CC3(C)C=C2)C=CC1. The number of fused-ring (bicyclic) bond motifs is 1. The number of rotatable bonds is 1. The van der Waals surface area contributed by atoms with Gasteiger partial charge in [0.1, 0.15) is 0 Å². The summed E-state index contributed by atoms with van der Waals surface area (Å²) in [5, 5.41) is 0. The van der Waals surface area contributed by atoms with E-state index >= 15 is 0 Å². The maximum atomic E-state index is 2.47. The van der Waals surface area contributed by atoms with Gasteiger partial charge in [-0.3, -0.25) is 0 Å². The maximum Gasteiger partial charge on any atom is -0.00739 e. The van der Waals surface area contributed by atoms with Gasteiger partial charge in [-0.25, -0.2) is 0 Å². The van der Waals surface area contributed by atoms with Crippen LogP contribution in [0.25, 0.3) is 0 Å². The van der Waals surface area contributed by atoms with Crippen LogP contribution in [0.1, 0.15) is 26.7 Å². The average Bonchev–Trinajstić information content (AvgIpc) is 2.88. The minimum absolute atomic E-state index is 0.508. The van der Waals surface area contributed by atoms with Crippen LogP contribution in [0.15, 0.2) is 47.6 Å². The van der Waals surface area contributed by atoms with Crippen LogP contribution in [0, 0.1) is 17.3 Å². The molecule has 3 aliphatic rings. The fourth-order valence-electron chi connectivity index (χ4n) is 2.63. The number of hydrogen-bond acceptors (Lipinski definition) is 0. The minimum Gasteiger partial charge on any atom is -0.0834 e. The summed E-state index contributed by atoms with van der Waals surface area (Å²) in [5.74, 6) is 1.51. The van der Waals surface area contributed by atoms with Crippen molar-refractivity contribution in [3.63, 3.8) is 0 Å². The lowest BCUT2D eigenvalue weighted by molar-refractivity contribution is 0.685. The maximum absolute atomic E-state index is 2.47. The summed E-state index contributed by atoms with van der Waals surface area (Å²) in [4.78, 5) is 0. The molecule has 1 fully saturated rings. The van der Waals surface area contributed by atoms with Gasteiger partial charge in [-0.1, -0.05) is 50.3 Å². The molecule has 0 amide bonds. The zero-order valence-corrected chi connectivity index (χ0v) is 9.53. The Morgan fingerprint density at radius 2 is 2.00 bits per heavy atom. The molecule has 0 nitrogen and oxygen atoms in total. The fraction of sp³-hybridized carbons (Fsp3) is 0.467. The molecule has 0 aromatic carbocycles. The highest BCUT2D eigenvalue weighted by atomic mass is 14.5. The van der Waals surface area contributed by atoms with Crippen molar-refractivity contribution in [2.24, 2.45) is 17.3 Å². The van der Waals surface area contributed by atoms with E-state index < -0.39 is 0 Å². The second-order valence-electron chi connectivity index (χ2n) is 5.51. The first kappa shape index (κ1) is 9.21. The van der Waals surface area contributed by atoms with Crippen molar-refractivity contribution in [1.82, 2.24) is 0 Å². The lowest BCUT2D eigenvalue weighted by atomic mass is 9.89. The molecule has 3 unspecified atom stereocenters. The molecule has 0 saturated heterocycles. The molecular formula is C15H18. The van der Waals surface area contributed by atoms with Crippen molar-refractivity contribution in [1.29, 1.82) is 0 Å². The molecule has 0 radical (unpaired) electrons. The average molecular weight is 198 g/mol. The molecule has 78 valence electrons. The largest absolute Gasteiger partial charge is 0.0834 e. The Balaban J connectivity index is 1.88. The van der Waals surface area contributed by atoms with E-state index in [9.17, 15) is 0 Å². The molecule has 0 bridgehead atoms. The van der Waals surface area contributed by atoms with Gasteiger partial charge in [0, 0.05) is 0 Å². The van der Waals surface area contributed by atoms with E-state index in [2.05, 4.69) is 50.3 Å². The van der Waals surface area contributed by atoms with E-state index in [1.54, 1.807) is 0 Å².